The number of guanidine groups is 1. The number of nitrogens with one attached hydrogen (secondary N) is 1. The van der Waals surface area contributed by atoms with E-state index in [0.717, 1.165) is 21.8 Å². The molecule has 5 heteroatoms. The number of amides is 1. The molecule has 0 atom stereocenters. The van der Waals surface area contributed by atoms with Crippen molar-refractivity contribution in [2.24, 2.45) is 4.99 Å². The largest absolute Gasteiger partial charge is 0.303 e. The van der Waals surface area contributed by atoms with E-state index in [4.69, 9.17) is 11.6 Å². The SMILES string of the molecule is Cc1c(Cl)ccc2c1CN=C1NC(=O)CN12. The topological polar surface area (TPSA) is 44.7 Å². The molecule has 1 aromatic rings. The predicted octanol–water partition coefficient (Wildman–Crippen LogP) is 1.45. The zero-order valence-corrected chi connectivity index (χ0v) is 9.51. The molecule has 16 heavy (non-hydrogen) atoms. The Labute approximate surface area is 97.9 Å². The number of carbonyl (C=O) groups excluding carboxylic acids is 1. The Morgan fingerprint density at radius 1 is 1.50 bits per heavy atom. The summed E-state index contributed by atoms with van der Waals surface area (Å²) in [6.07, 6.45) is 0. The Bertz CT molecular complexity index is 524. The number of anilines is 1. The van der Waals surface area contributed by atoms with Gasteiger partial charge in [0.25, 0.3) is 0 Å². The van der Waals surface area contributed by atoms with Crippen LogP contribution in [-0.4, -0.2) is 18.4 Å². The maximum absolute atomic E-state index is 11.3. The van der Waals surface area contributed by atoms with Gasteiger partial charge in [0.1, 0.15) is 6.54 Å². The van der Waals surface area contributed by atoms with E-state index in [-0.39, 0.29) is 5.91 Å². The highest BCUT2D eigenvalue weighted by Gasteiger charge is 2.31. The van der Waals surface area contributed by atoms with Crippen LogP contribution in [0.3, 0.4) is 0 Å². The van der Waals surface area contributed by atoms with Gasteiger partial charge in [-0.3, -0.25) is 10.1 Å². The first-order valence-electron chi connectivity index (χ1n) is 5.06. The standard InChI is InChI=1S/C11H10ClN3O/c1-6-7-4-13-11-14-10(16)5-15(11)9(7)3-2-8(6)12/h2-3H,4-5H2,1H3,(H,13,14,16). The summed E-state index contributed by atoms with van der Waals surface area (Å²) in [6, 6.07) is 3.81. The van der Waals surface area contributed by atoms with Crippen LogP contribution in [0.25, 0.3) is 0 Å². The number of nitrogens with zero attached hydrogens (tertiary/aromatic N) is 2. The third kappa shape index (κ3) is 1.23. The van der Waals surface area contributed by atoms with Gasteiger partial charge in [-0.05, 0) is 24.6 Å². The fourth-order valence-electron chi connectivity index (χ4n) is 2.09. The van der Waals surface area contributed by atoms with Crippen LogP contribution >= 0.6 is 11.6 Å². The molecule has 2 heterocycles. The molecule has 1 fully saturated rings. The Hall–Kier alpha value is -1.55. The Balaban J connectivity index is 2.15. The van der Waals surface area contributed by atoms with E-state index >= 15 is 0 Å². The van der Waals surface area contributed by atoms with Crippen LogP contribution in [0.2, 0.25) is 5.02 Å². The first-order chi connectivity index (χ1) is 7.66. The molecule has 1 aromatic carbocycles. The zero-order valence-electron chi connectivity index (χ0n) is 8.75. The molecule has 0 spiro atoms. The predicted molar refractivity (Wildman–Crippen MR) is 62.8 cm³/mol. The number of hydrogen-bond acceptors (Lipinski definition) is 3. The van der Waals surface area contributed by atoms with Gasteiger partial charge >= 0.3 is 0 Å². The molecule has 2 aliphatic rings. The van der Waals surface area contributed by atoms with Gasteiger partial charge in [-0.2, -0.15) is 0 Å². The third-order valence-corrected chi connectivity index (χ3v) is 3.40. The van der Waals surface area contributed by atoms with Crippen LogP contribution in [-0.2, 0) is 11.3 Å². The lowest BCUT2D eigenvalue weighted by Gasteiger charge is -2.25. The molecule has 3 rings (SSSR count). The lowest BCUT2D eigenvalue weighted by atomic mass is 10.0. The normalized spacial score (nSPS) is 17.8. The van der Waals surface area contributed by atoms with Crippen molar-refractivity contribution in [2.75, 3.05) is 11.4 Å². The van der Waals surface area contributed by atoms with E-state index in [1.807, 2.05) is 24.0 Å². The molecule has 0 radical (unpaired) electrons. The maximum atomic E-state index is 11.3. The minimum Gasteiger partial charge on any atom is -0.303 e. The molecule has 2 aliphatic heterocycles. The molecule has 0 saturated carbocycles. The van der Waals surface area contributed by atoms with Crippen molar-refractivity contribution in [2.45, 2.75) is 13.5 Å². The highest BCUT2D eigenvalue weighted by atomic mass is 35.5. The molecule has 4 nitrogen and oxygen atoms in total. The minimum atomic E-state index is -0.0146. The zero-order chi connectivity index (χ0) is 11.3. The van der Waals surface area contributed by atoms with Crippen molar-refractivity contribution in [3.05, 3.63) is 28.3 Å². The number of fused-ring (bicyclic) bond motifs is 3. The molecule has 1 saturated heterocycles. The number of carbonyl (C=O) groups is 1. The van der Waals surface area contributed by atoms with Crippen molar-refractivity contribution >= 4 is 29.2 Å². The van der Waals surface area contributed by atoms with Crippen LogP contribution in [0, 0.1) is 6.92 Å². The first-order valence-corrected chi connectivity index (χ1v) is 5.44. The summed E-state index contributed by atoms with van der Waals surface area (Å²) in [7, 11) is 0. The van der Waals surface area contributed by atoms with Gasteiger partial charge in [0.05, 0.1) is 6.54 Å². The highest BCUT2D eigenvalue weighted by Crippen LogP contribution is 2.33. The molecule has 1 amide bonds. The van der Waals surface area contributed by atoms with Gasteiger partial charge in [0, 0.05) is 16.3 Å². The number of rotatable bonds is 0. The van der Waals surface area contributed by atoms with E-state index in [1.54, 1.807) is 0 Å². The van der Waals surface area contributed by atoms with Crippen molar-refractivity contribution in [3.63, 3.8) is 0 Å². The fourth-order valence-corrected chi connectivity index (χ4v) is 2.27. The van der Waals surface area contributed by atoms with Crippen molar-refractivity contribution in [1.82, 2.24) is 5.32 Å². The van der Waals surface area contributed by atoms with Gasteiger partial charge in [-0.15, -0.1) is 0 Å². The average Bonchev–Trinajstić information content (AvgIpc) is 2.63. The highest BCUT2D eigenvalue weighted by molar-refractivity contribution is 6.31. The third-order valence-electron chi connectivity index (χ3n) is 2.99. The number of hydrogen-bond donors (Lipinski definition) is 1. The molecular weight excluding hydrogens is 226 g/mol. The lowest BCUT2D eigenvalue weighted by Crippen LogP contribution is -2.33. The van der Waals surface area contributed by atoms with E-state index in [2.05, 4.69) is 10.3 Å². The molecule has 0 unspecified atom stereocenters. The van der Waals surface area contributed by atoms with Crippen LogP contribution in [0.5, 0.6) is 0 Å². The minimum absolute atomic E-state index is 0.0146. The van der Waals surface area contributed by atoms with Gasteiger partial charge < -0.3 is 4.90 Å². The van der Waals surface area contributed by atoms with Gasteiger partial charge in [0.2, 0.25) is 11.9 Å². The number of aliphatic imine (C=N–C) groups is 1. The van der Waals surface area contributed by atoms with Crippen molar-refractivity contribution in [1.29, 1.82) is 0 Å². The monoisotopic (exact) mass is 235 g/mol. The van der Waals surface area contributed by atoms with Gasteiger partial charge in [-0.1, -0.05) is 11.6 Å². The van der Waals surface area contributed by atoms with E-state index in [1.165, 1.54) is 0 Å². The van der Waals surface area contributed by atoms with Crippen LogP contribution in [0.4, 0.5) is 5.69 Å². The van der Waals surface area contributed by atoms with Gasteiger partial charge in [0.15, 0.2) is 0 Å². The second kappa shape index (κ2) is 3.22. The molecule has 0 bridgehead atoms. The first kappa shape index (κ1) is 9.66. The van der Waals surface area contributed by atoms with E-state index in [9.17, 15) is 4.79 Å². The lowest BCUT2D eigenvalue weighted by molar-refractivity contribution is -0.117. The molecule has 0 aliphatic carbocycles. The summed E-state index contributed by atoms with van der Waals surface area (Å²) in [4.78, 5) is 17.5. The Kier molecular flexibility index (Phi) is 1.94. The maximum Gasteiger partial charge on any atom is 0.246 e. The summed E-state index contributed by atoms with van der Waals surface area (Å²) in [5.41, 5.74) is 3.18. The Morgan fingerprint density at radius 3 is 3.12 bits per heavy atom. The second-order valence-corrected chi connectivity index (χ2v) is 4.35. The fraction of sp³-hybridized carbons (Fsp3) is 0.273. The van der Waals surface area contributed by atoms with E-state index in [0.29, 0.717) is 19.0 Å². The second-order valence-electron chi connectivity index (χ2n) is 3.94. The quantitative estimate of drug-likeness (QED) is 0.740. The summed E-state index contributed by atoms with van der Waals surface area (Å²) in [5, 5.41) is 3.48. The van der Waals surface area contributed by atoms with Gasteiger partial charge in [-0.25, -0.2) is 4.99 Å². The van der Waals surface area contributed by atoms with Crippen LogP contribution in [0.1, 0.15) is 11.1 Å². The molecule has 0 aromatic heterocycles. The van der Waals surface area contributed by atoms with Crippen molar-refractivity contribution < 1.29 is 4.79 Å². The molecular formula is C11H10ClN3O. The number of benzene rings is 1. The van der Waals surface area contributed by atoms with Crippen molar-refractivity contribution in [3.8, 4) is 0 Å². The molecule has 1 N–H and O–H groups in total. The van der Waals surface area contributed by atoms with Crippen LogP contribution in [0.15, 0.2) is 17.1 Å². The van der Waals surface area contributed by atoms with E-state index < -0.39 is 0 Å². The summed E-state index contributed by atoms with van der Waals surface area (Å²) in [6.45, 7) is 2.90. The van der Waals surface area contributed by atoms with Crippen LogP contribution < -0.4 is 10.2 Å². The smallest absolute Gasteiger partial charge is 0.246 e. The summed E-state index contributed by atoms with van der Waals surface area (Å²) in [5.74, 6) is 0.637. The average molecular weight is 236 g/mol. The molecule has 82 valence electrons. The summed E-state index contributed by atoms with van der Waals surface area (Å²) >= 11 is 6.07. The number of halogens is 1. The Morgan fingerprint density at radius 2 is 2.31 bits per heavy atom. The summed E-state index contributed by atoms with van der Waals surface area (Å²) < 4.78 is 0.